The van der Waals surface area contributed by atoms with Crippen molar-refractivity contribution in [3.8, 4) is 0 Å². The molecule has 0 radical (unpaired) electrons. The Kier molecular flexibility index (Phi) is 6.23. The third kappa shape index (κ3) is 4.60. The molecule has 152 valence electrons. The van der Waals surface area contributed by atoms with Gasteiger partial charge in [-0.2, -0.15) is 0 Å². The molecule has 2 amide bonds. The second-order valence-corrected chi connectivity index (χ2v) is 7.61. The van der Waals surface area contributed by atoms with Gasteiger partial charge >= 0.3 is 0 Å². The van der Waals surface area contributed by atoms with Crippen molar-refractivity contribution in [2.45, 2.75) is 25.7 Å². The summed E-state index contributed by atoms with van der Waals surface area (Å²) in [7, 11) is 0. The van der Waals surface area contributed by atoms with Crippen molar-refractivity contribution < 1.29 is 9.59 Å². The maximum absolute atomic E-state index is 13.0. The summed E-state index contributed by atoms with van der Waals surface area (Å²) in [6.45, 7) is 1.35. The predicted octanol–water partition coefficient (Wildman–Crippen LogP) is 4.64. The molecule has 0 fully saturated rings. The molecule has 1 N–H and O–H groups in total. The number of hydrogen-bond donors (Lipinski definition) is 1. The Morgan fingerprint density at radius 2 is 1.53 bits per heavy atom. The smallest absolute Gasteiger partial charge is 0.258 e. The minimum atomic E-state index is -0.106. The van der Waals surface area contributed by atoms with Crippen LogP contribution in [0, 0.1) is 0 Å². The predicted molar refractivity (Wildman–Crippen MR) is 120 cm³/mol. The highest BCUT2D eigenvalue weighted by atomic mass is 16.2. The van der Waals surface area contributed by atoms with Gasteiger partial charge in [-0.05, 0) is 67.1 Å². The third-order valence-corrected chi connectivity index (χ3v) is 5.52. The van der Waals surface area contributed by atoms with Gasteiger partial charge < -0.3 is 10.2 Å². The minimum absolute atomic E-state index is 0.0167. The van der Waals surface area contributed by atoms with Crippen molar-refractivity contribution in [3.05, 3.63) is 101 Å². The molecule has 0 atom stereocenters. The first-order valence-electron chi connectivity index (χ1n) is 10.5. The summed E-state index contributed by atoms with van der Waals surface area (Å²) in [4.78, 5) is 27.3. The highest BCUT2D eigenvalue weighted by molar-refractivity contribution is 6.07. The van der Waals surface area contributed by atoms with Crippen LogP contribution < -0.4 is 10.2 Å². The summed E-state index contributed by atoms with van der Waals surface area (Å²) in [5, 5.41) is 2.96. The molecule has 1 heterocycles. The quantitative estimate of drug-likeness (QED) is 0.615. The van der Waals surface area contributed by atoms with Gasteiger partial charge in [0, 0.05) is 29.9 Å². The lowest BCUT2D eigenvalue weighted by molar-refractivity contribution is 0.0949. The fourth-order valence-corrected chi connectivity index (χ4v) is 3.91. The Balaban J connectivity index is 1.33. The van der Waals surface area contributed by atoms with E-state index in [1.54, 1.807) is 24.3 Å². The average Bonchev–Trinajstić information content (AvgIpc) is 2.81. The molecular weight excluding hydrogens is 372 g/mol. The SMILES string of the molecule is O=C(NCCCc1ccccc1)c1ccc(C(=O)N2CCCc3ccccc32)cc1. The number of nitrogens with zero attached hydrogens (tertiary/aromatic N) is 1. The first kappa shape index (κ1) is 19.9. The monoisotopic (exact) mass is 398 g/mol. The zero-order valence-corrected chi connectivity index (χ0v) is 17.0. The Labute approximate surface area is 177 Å². The van der Waals surface area contributed by atoms with Crippen LogP contribution >= 0.6 is 0 Å². The third-order valence-electron chi connectivity index (χ3n) is 5.52. The van der Waals surface area contributed by atoms with E-state index in [-0.39, 0.29) is 11.8 Å². The number of anilines is 1. The minimum Gasteiger partial charge on any atom is -0.352 e. The first-order valence-corrected chi connectivity index (χ1v) is 10.5. The van der Waals surface area contributed by atoms with Crippen LogP contribution in [0.25, 0.3) is 0 Å². The summed E-state index contributed by atoms with van der Waals surface area (Å²) in [5.41, 5.74) is 4.66. The zero-order chi connectivity index (χ0) is 20.8. The maximum Gasteiger partial charge on any atom is 0.258 e. The van der Waals surface area contributed by atoms with Crippen LogP contribution in [0.1, 0.15) is 44.7 Å². The lowest BCUT2D eigenvalue weighted by Gasteiger charge is -2.29. The van der Waals surface area contributed by atoms with E-state index >= 15 is 0 Å². The number of nitrogens with one attached hydrogen (secondary N) is 1. The number of benzene rings is 3. The summed E-state index contributed by atoms with van der Waals surface area (Å²) in [5.74, 6) is -0.123. The van der Waals surface area contributed by atoms with Gasteiger partial charge in [0.1, 0.15) is 0 Å². The highest BCUT2D eigenvalue weighted by Crippen LogP contribution is 2.28. The van der Waals surface area contributed by atoms with Gasteiger partial charge in [0.25, 0.3) is 11.8 Å². The van der Waals surface area contributed by atoms with Crippen molar-refractivity contribution in [1.29, 1.82) is 0 Å². The standard InChI is InChI=1S/C26H26N2O2/c29-25(27-18-6-10-20-8-2-1-3-9-20)22-14-16-23(17-15-22)26(30)28-19-7-12-21-11-4-5-13-24(21)28/h1-5,8-9,11,13-17H,6-7,10,12,18-19H2,(H,27,29). The van der Waals surface area contributed by atoms with Gasteiger partial charge in [0.2, 0.25) is 0 Å². The van der Waals surface area contributed by atoms with Crippen LogP contribution in [0.4, 0.5) is 5.69 Å². The van der Waals surface area contributed by atoms with Gasteiger partial charge in [-0.3, -0.25) is 9.59 Å². The van der Waals surface area contributed by atoms with E-state index in [0.29, 0.717) is 17.7 Å². The number of carbonyl (C=O) groups is 2. The van der Waals surface area contributed by atoms with Crippen molar-refractivity contribution in [1.82, 2.24) is 5.32 Å². The van der Waals surface area contributed by atoms with Crippen molar-refractivity contribution in [2.75, 3.05) is 18.0 Å². The highest BCUT2D eigenvalue weighted by Gasteiger charge is 2.23. The Morgan fingerprint density at radius 3 is 2.33 bits per heavy atom. The van der Waals surface area contributed by atoms with Crippen molar-refractivity contribution in [2.24, 2.45) is 0 Å². The topological polar surface area (TPSA) is 49.4 Å². The van der Waals surface area contributed by atoms with Gasteiger partial charge in [-0.25, -0.2) is 0 Å². The Morgan fingerprint density at radius 1 is 0.833 bits per heavy atom. The number of fused-ring (bicyclic) bond motifs is 1. The largest absolute Gasteiger partial charge is 0.352 e. The first-order chi connectivity index (χ1) is 14.7. The molecule has 0 aromatic heterocycles. The van der Waals surface area contributed by atoms with Crippen molar-refractivity contribution in [3.63, 3.8) is 0 Å². The van der Waals surface area contributed by atoms with E-state index < -0.39 is 0 Å². The van der Waals surface area contributed by atoms with Gasteiger partial charge in [-0.1, -0.05) is 48.5 Å². The van der Waals surface area contributed by atoms with E-state index in [0.717, 1.165) is 37.9 Å². The molecule has 30 heavy (non-hydrogen) atoms. The normalized spacial score (nSPS) is 12.9. The molecule has 0 saturated carbocycles. The van der Waals surface area contributed by atoms with Gasteiger partial charge in [0.15, 0.2) is 0 Å². The van der Waals surface area contributed by atoms with Crippen LogP contribution in [-0.2, 0) is 12.8 Å². The van der Waals surface area contributed by atoms with Crippen LogP contribution in [0.15, 0.2) is 78.9 Å². The second kappa shape index (κ2) is 9.40. The van der Waals surface area contributed by atoms with Gasteiger partial charge in [0.05, 0.1) is 0 Å². The zero-order valence-electron chi connectivity index (χ0n) is 17.0. The molecule has 4 rings (SSSR count). The number of carbonyl (C=O) groups excluding carboxylic acids is 2. The van der Waals surface area contributed by atoms with E-state index in [4.69, 9.17) is 0 Å². The number of amides is 2. The summed E-state index contributed by atoms with van der Waals surface area (Å²) in [6, 6.07) is 25.3. The lowest BCUT2D eigenvalue weighted by atomic mass is 10.0. The summed E-state index contributed by atoms with van der Waals surface area (Å²) < 4.78 is 0. The molecule has 0 bridgehead atoms. The van der Waals surface area contributed by atoms with Crippen LogP contribution in [0.2, 0.25) is 0 Å². The molecule has 4 heteroatoms. The molecule has 3 aromatic rings. The van der Waals surface area contributed by atoms with Crippen LogP contribution in [0.3, 0.4) is 0 Å². The van der Waals surface area contributed by atoms with E-state index in [2.05, 4.69) is 23.5 Å². The molecule has 0 saturated heterocycles. The number of rotatable bonds is 6. The molecule has 0 aliphatic carbocycles. The van der Waals surface area contributed by atoms with E-state index in [1.807, 2.05) is 41.3 Å². The summed E-state index contributed by atoms with van der Waals surface area (Å²) in [6.07, 6.45) is 3.79. The molecule has 0 spiro atoms. The van der Waals surface area contributed by atoms with E-state index in [1.165, 1.54) is 11.1 Å². The molecule has 4 nitrogen and oxygen atoms in total. The average molecular weight is 399 g/mol. The second-order valence-electron chi connectivity index (χ2n) is 7.61. The molecule has 3 aromatic carbocycles. The van der Waals surface area contributed by atoms with Gasteiger partial charge in [-0.15, -0.1) is 0 Å². The molecular formula is C26H26N2O2. The number of hydrogen-bond acceptors (Lipinski definition) is 2. The lowest BCUT2D eigenvalue weighted by Crippen LogP contribution is -2.35. The van der Waals surface area contributed by atoms with Crippen LogP contribution in [-0.4, -0.2) is 24.9 Å². The molecule has 1 aliphatic heterocycles. The fraction of sp³-hybridized carbons (Fsp3) is 0.231. The van der Waals surface area contributed by atoms with Crippen LogP contribution in [0.5, 0.6) is 0 Å². The molecule has 0 unspecified atom stereocenters. The van der Waals surface area contributed by atoms with Crippen molar-refractivity contribution >= 4 is 17.5 Å². The Hall–Kier alpha value is -3.40. The fourth-order valence-electron chi connectivity index (χ4n) is 3.91. The summed E-state index contributed by atoms with van der Waals surface area (Å²) >= 11 is 0. The number of aryl methyl sites for hydroxylation is 2. The number of para-hydroxylation sites is 1. The maximum atomic E-state index is 13.0. The Bertz CT molecular complexity index is 1010. The molecule has 1 aliphatic rings. The van der Waals surface area contributed by atoms with E-state index in [9.17, 15) is 9.59 Å².